The van der Waals surface area contributed by atoms with E-state index in [9.17, 15) is 9.59 Å². The number of rotatable bonds is 1. The summed E-state index contributed by atoms with van der Waals surface area (Å²) < 4.78 is 4.14. The minimum Gasteiger partial charge on any atom is -0.468 e. The van der Waals surface area contributed by atoms with Crippen molar-refractivity contribution in [2.45, 2.75) is 12.8 Å². The van der Waals surface area contributed by atoms with Gasteiger partial charge in [0, 0.05) is 26.9 Å². The number of carbonyl (C=O) groups is 2. The number of halogens is 1. The summed E-state index contributed by atoms with van der Waals surface area (Å²) in [6.45, 7) is -0.0312. The predicted octanol–water partition coefficient (Wildman–Crippen LogP) is 0.825. The Labute approximate surface area is 129 Å². The second-order valence-corrected chi connectivity index (χ2v) is 3.60. The van der Waals surface area contributed by atoms with E-state index in [1.54, 1.807) is 14.1 Å². The molecule has 0 spiro atoms. The average Bonchev–Trinajstić information content (AvgIpc) is 2.70. The van der Waals surface area contributed by atoms with Crippen molar-refractivity contribution < 1.29 is 14.3 Å². The monoisotopic (exact) mass is 327 g/mol. The van der Waals surface area contributed by atoms with Crippen LogP contribution >= 0.6 is 36.8 Å². The van der Waals surface area contributed by atoms with Crippen LogP contribution in [-0.2, 0) is 14.3 Å². The Bertz CT molecular complexity index is 325. The molecule has 2 N–H and O–H groups in total. The summed E-state index contributed by atoms with van der Waals surface area (Å²) in [5.41, 5.74) is 4.81. The summed E-state index contributed by atoms with van der Waals surface area (Å²) in [7, 11) is 4.61. The molecule has 0 unspecified atom stereocenters. The number of esters is 1. The molecule has 1 fully saturated rings. The van der Waals surface area contributed by atoms with Gasteiger partial charge in [-0.1, -0.05) is 12.2 Å². The second kappa shape index (κ2) is 15.1. The third-order valence-electron chi connectivity index (χ3n) is 1.79. The van der Waals surface area contributed by atoms with Gasteiger partial charge in [0.1, 0.15) is 0 Å². The first-order valence-corrected chi connectivity index (χ1v) is 5.78. The van der Waals surface area contributed by atoms with Gasteiger partial charge in [-0.15, -0.1) is 12.4 Å². The summed E-state index contributed by atoms with van der Waals surface area (Å²) in [4.78, 5) is 26.1. The van der Waals surface area contributed by atoms with Crippen LogP contribution in [0.5, 0.6) is 0 Å². The molecule has 0 radical (unpaired) electrons. The molecule has 0 atom stereocenters. The molecule has 6 nitrogen and oxygen atoms in total. The zero-order chi connectivity index (χ0) is 14.6. The standard InChI is InChI=1S/C5H7NOS.C3H7NO2.C2H3NS.ClH/c1-6-4(7)2-3-5(6)8;1-6-3(5)2-4;1-3-2-4;/h2-3H2,1H3;2,4H2,1H3;1H3;1H. The van der Waals surface area contributed by atoms with Gasteiger partial charge in [0.05, 0.1) is 23.8 Å². The molecule has 1 aliphatic rings. The first kappa shape index (κ1) is 23.2. The number of hydrogen-bond donors (Lipinski definition) is 1. The number of hydrogen-bond acceptors (Lipinski definition) is 7. The Hall–Kier alpha value is -0.920. The third-order valence-corrected chi connectivity index (χ3v) is 2.45. The van der Waals surface area contributed by atoms with E-state index >= 15 is 0 Å². The van der Waals surface area contributed by atoms with Gasteiger partial charge in [-0.05, 0) is 12.2 Å². The van der Waals surface area contributed by atoms with Gasteiger partial charge in [-0.2, -0.15) is 0 Å². The SMILES string of the molecule is CN1C(=O)CCC1=S.CN=C=S.COC(=O)CN.Cl. The van der Waals surface area contributed by atoms with Gasteiger partial charge < -0.3 is 15.4 Å². The lowest BCUT2D eigenvalue weighted by Crippen LogP contribution is -2.21. The second-order valence-electron chi connectivity index (χ2n) is 2.94. The van der Waals surface area contributed by atoms with E-state index in [1.807, 2.05) is 0 Å². The molecule has 1 amide bonds. The molecule has 0 aromatic heterocycles. The van der Waals surface area contributed by atoms with Crippen LogP contribution in [0.25, 0.3) is 0 Å². The molecule has 0 aliphatic carbocycles. The maximum absolute atomic E-state index is 10.6. The van der Waals surface area contributed by atoms with Crippen molar-refractivity contribution in [1.82, 2.24) is 4.90 Å². The Morgan fingerprint density at radius 3 is 2.11 bits per heavy atom. The number of ether oxygens (including phenoxy) is 1. The Morgan fingerprint density at radius 2 is 2.05 bits per heavy atom. The van der Waals surface area contributed by atoms with Gasteiger partial charge in [-0.25, -0.2) is 4.99 Å². The normalized spacial score (nSPS) is 11.9. The predicted molar refractivity (Wildman–Crippen MR) is 83.9 cm³/mol. The fraction of sp³-hybridized carbons (Fsp3) is 0.600. The van der Waals surface area contributed by atoms with Crippen molar-refractivity contribution in [2.24, 2.45) is 10.7 Å². The van der Waals surface area contributed by atoms with Crippen molar-refractivity contribution in [1.29, 1.82) is 0 Å². The van der Waals surface area contributed by atoms with Crippen LogP contribution in [0, 0.1) is 0 Å². The van der Waals surface area contributed by atoms with Crippen LogP contribution in [0.3, 0.4) is 0 Å². The quantitative estimate of drug-likeness (QED) is 0.436. The van der Waals surface area contributed by atoms with E-state index in [1.165, 1.54) is 12.0 Å². The van der Waals surface area contributed by atoms with Crippen molar-refractivity contribution in [3.8, 4) is 0 Å². The molecule has 1 heterocycles. The largest absolute Gasteiger partial charge is 0.468 e. The molecule has 9 heteroatoms. The number of amides is 1. The van der Waals surface area contributed by atoms with Crippen molar-refractivity contribution in [2.75, 3.05) is 27.7 Å². The van der Waals surface area contributed by atoms with Crippen LogP contribution in [0.2, 0.25) is 0 Å². The molecule has 1 aliphatic heterocycles. The van der Waals surface area contributed by atoms with Crippen LogP contribution < -0.4 is 5.73 Å². The number of methoxy groups -OCH3 is 1. The fourth-order valence-electron chi connectivity index (χ4n) is 0.772. The summed E-state index contributed by atoms with van der Waals surface area (Å²) in [6, 6.07) is 0. The zero-order valence-electron chi connectivity index (χ0n) is 11.0. The molecule has 0 aromatic carbocycles. The molecule has 1 saturated heterocycles. The summed E-state index contributed by atoms with van der Waals surface area (Å²) in [5.74, 6) is -0.231. The first-order valence-electron chi connectivity index (χ1n) is 4.96. The topological polar surface area (TPSA) is 85.0 Å². The van der Waals surface area contributed by atoms with E-state index in [0.717, 1.165) is 11.4 Å². The maximum Gasteiger partial charge on any atom is 0.319 e. The molecule has 0 saturated carbocycles. The molecular weight excluding hydrogens is 310 g/mol. The molecule has 110 valence electrons. The van der Waals surface area contributed by atoms with Crippen molar-refractivity contribution in [3.63, 3.8) is 0 Å². The lowest BCUT2D eigenvalue weighted by atomic mass is 10.4. The van der Waals surface area contributed by atoms with Crippen molar-refractivity contribution in [3.05, 3.63) is 0 Å². The van der Waals surface area contributed by atoms with Gasteiger partial charge in [0.2, 0.25) is 5.91 Å². The number of aliphatic imine (C=N–C) groups is 1. The number of thiocarbonyl (C=S) groups is 2. The number of carbonyl (C=O) groups excluding carboxylic acids is 2. The van der Waals surface area contributed by atoms with E-state index in [0.29, 0.717) is 6.42 Å². The lowest BCUT2D eigenvalue weighted by molar-refractivity contribution is -0.138. The molecule has 1 rings (SSSR count). The smallest absolute Gasteiger partial charge is 0.319 e. The van der Waals surface area contributed by atoms with E-state index < -0.39 is 0 Å². The van der Waals surface area contributed by atoms with Gasteiger partial charge in [0.25, 0.3) is 0 Å². The Morgan fingerprint density at radius 1 is 1.58 bits per heavy atom. The lowest BCUT2D eigenvalue weighted by Gasteiger charge is -2.04. The molecule has 19 heavy (non-hydrogen) atoms. The van der Waals surface area contributed by atoms with Crippen molar-refractivity contribution >= 4 is 58.9 Å². The summed E-state index contributed by atoms with van der Waals surface area (Å²) >= 11 is 8.96. The number of likely N-dealkylation sites (tertiary alicyclic amines) is 1. The third kappa shape index (κ3) is 13.3. The highest BCUT2D eigenvalue weighted by molar-refractivity contribution is 7.80. The molecule has 0 bridgehead atoms. The van der Waals surface area contributed by atoms with Crippen LogP contribution in [-0.4, -0.2) is 54.7 Å². The van der Waals surface area contributed by atoms with Gasteiger partial charge >= 0.3 is 5.97 Å². The summed E-state index contributed by atoms with van der Waals surface area (Å²) in [5, 5.41) is 2.14. The highest BCUT2D eigenvalue weighted by Gasteiger charge is 2.20. The fourth-order valence-corrected chi connectivity index (χ4v) is 0.976. The van der Waals surface area contributed by atoms with Gasteiger partial charge in [-0.3, -0.25) is 9.59 Å². The van der Waals surface area contributed by atoms with Crippen LogP contribution in [0.4, 0.5) is 0 Å². The average molecular weight is 328 g/mol. The van der Waals surface area contributed by atoms with Gasteiger partial charge in [0.15, 0.2) is 0 Å². The van der Waals surface area contributed by atoms with Crippen LogP contribution in [0.15, 0.2) is 4.99 Å². The number of isothiocyanates is 1. The maximum atomic E-state index is 10.6. The zero-order valence-corrected chi connectivity index (χ0v) is 13.5. The minimum absolute atomic E-state index is 0. The minimum atomic E-state index is -0.380. The van der Waals surface area contributed by atoms with E-state index in [2.05, 4.69) is 27.1 Å². The Balaban J connectivity index is -0.000000210. The molecular formula is C10H18ClN3O3S2. The van der Waals surface area contributed by atoms with E-state index in [4.69, 9.17) is 18.0 Å². The highest BCUT2D eigenvalue weighted by atomic mass is 35.5. The number of nitrogens with two attached hydrogens (primary N) is 1. The molecule has 0 aromatic rings. The number of nitrogens with zero attached hydrogens (tertiary/aromatic N) is 2. The van der Waals surface area contributed by atoms with E-state index in [-0.39, 0.29) is 30.8 Å². The first-order chi connectivity index (χ1) is 8.44. The Kier molecular flexibility index (Phi) is 18.5. The summed E-state index contributed by atoms with van der Waals surface area (Å²) in [6.07, 6.45) is 1.38. The van der Waals surface area contributed by atoms with Crippen LogP contribution in [0.1, 0.15) is 12.8 Å². The highest BCUT2D eigenvalue weighted by Crippen LogP contribution is 2.09.